The smallest absolute Gasteiger partial charge is 0.338 e. The van der Waals surface area contributed by atoms with Crippen LogP contribution in [0.4, 0.5) is 0 Å². The SMILES string of the molecule is CCCC1CCC(C2CCC(c3ccc(CC(C)CC)cc3)CC2)CC1.CCCCCc1ccc(-c2ccc(C(=O)OC(CC)c3ccccc3)cc2)cc1. The third-order valence-corrected chi connectivity index (χ3v) is 13.0. The average molecular weight is 741 g/mol. The van der Waals surface area contributed by atoms with E-state index in [1.54, 1.807) is 5.56 Å². The second kappa shape index (κ2) is 22.8. The molecule has 55 heavy (non-hydrogen) atoms. The summed E-state index contributed by atoms with van der Waals surface area (Å²) in [5.41, 5.74) is 8.41. The van der Waals surface area contributed by atoms with E-state index in [0.29, 0.717) is 5.56 Å². The van der Waals surface area contributed by atoms with Gasteiger partial charge < -0.3 is 4.74 Å². The second-order valence-electron chi connectivity index (χ2n) is 17.1. The molecule has 2 unspecified atom stereocenters. The summed E-state index contributed by atoms with van der Waals surface area (Å²) in [6.45, 7) is 11.3. The van der Waals surface area contributed by atoms with Crippen LogP contribution in [0.15, 0.2) is 103 Å². The zero-order chi connectivity index (χ0) is 38.8. The molecule has 2 nitrogen and oxygen atoms in total. The number of rotatable bonds is 16. The Bertz CT molecular complexity index is 1620. The zero-order valence-corrected chi connectivity index (χ0v) is 35.1. The number of esters is 1. The van der Waals surface area contributed by atoms with E-state index >= 15 is 0 Å². The van der Waals surface area contributed by atoms with Gasteiger partial charge in [0.25, 0.3) is 0 Å². The van der Waals surface area contributed by atoms with Gasteiger partial charge in [0.05, 0.1) is 5.56 Å². The van der Waals surface area contributed by atoms with Gasteiger partial charge in [-0.15, -0.1) is 0 Å². The van der Waals surface area contributed by atoms with Gasteiger partial charge in [-0.2, -0.15) is 0 Å². The number of ether oxygens (including phenoxy) is 1. The van der Waals surface area contributed by atoms with Crippen LogP contribution in [-0.2, 0) is 17.6 Å². The lowest BCUT2D eigenvalue weighted by atomic mass is 9.68. The first-order chi connectivity index (χ1) is 26.9. The van der Waals surface area contributed by atoms with Gasteiger partial charge in [-0.25, -0.2) is 4.79 Å². The van der Waals surface area contributed by atoms with Gasteiger partial charge in [0, 0.05) is 0 Å². The number of benzene rings is 4. The first-order valence-corrected chi connectivity index (χ1v) is 22.4. The molecule has 4 aromatic carbocycles. The largest absolute Gasteiger partial charge is 0.454 e. The summed E-state index contributed by atoms with van der Waals surface area (Å²) in [6.07, 6.45) is 22.8. The van der Waals surface area contributed by atoms with E-state index in [9.17, 15) is 4.79 Å². The summed E-state index contributed by atoms with van der Waals surface area (Å²) in [4.78, 5) is 12.6. The van der Waals surface area contributed by atoms with E-state index in [4.69, 9.17) is 4.74 Å². The molecule has 0 saturated heterocycles. The molecule has 2 fully saturated rings. The molecule has 0 N–H and O–H groups in total. The van der Waals surface area contributed by atoms with E-state index in [-0.39, 0.29) is 12.1 Å². The highest BCUT2D eigenvalue weighted by atomic mass is 16.5. The van der Waals surface area contributed by atoms with Crippen molar-refractivity contribution in [2.45, 2.75) is 156 Å². The van der Waals surface area contributed by atoms with Crippen molar-refractivity contribution < 1.29 is 9.53 Å². The highest BCUT2D eigenvalue weighted by Crippen LogP contribution is 2.44. The van der Waals surface area contributed by atoms with E-state index < -0.39 is 0 Å². The van der Waals surface area contributed by atoms with Gasteiger partial charge in [0.15, 0.2) is 0 Å². The lowest BCUT2D eigenvalue weighted by molar-refractivity contribution is 0.0288. The van der Waals surface area contributed by atoms with Crippen molar-refractivity contribution in [3.63, 3.8) is 0 Å². The van der Waals surface area contributed by atoms with Crippen molar-refractivity contribution in [1.82, 2.24) is 0 Å². The molecular formula is C53H72O2. The van der Waals surface area contributed by atoms with Crippen LogP contribution in [0.25, 0.3) is 11.1 Å². The van der Waals surface area contributed by atoms with Crippen molar-refractivity contribution in [3.8, 4) is 11.1 Å². The number of unbranched alkanes of at least 4 members (excludes halogenated alkanes) is 2. The molecule has 0 radical (unpaired) electrons. The van der Waals surface area contributed by atoms with Gasteiger partial charge in [0.2, 0.25) is 0 Å². The fourth-order valence-corrected chi connectivity index (χ4v) is 9.25. The van der Waals surface area contributed by atoms with E-state index in [1.807, 2.05) is 61.5 Å². The van der Waals surface area contributed by atoms with Crippen molar-refractivity contribution in [1.29, 1.82) is 0 Å². The van der Waals surface area contributed by atoms with E-state index in [1.165, 1.54) is 113 Å². The molecule has 0 amide bonds. The van der Waals surface area contributed by atoms with Crippen LogP contribution in [0.1, 0.15) is 176 Å². The fourth-order valence-electron chi connectivity index (χ4n) is 9.25. The minimum atomic E-state index is -0.279. The van der Waals surface area contributed by atoms with E-state index in [2.05, 4.69) is 76.2 Å². The Morgan fingerprint density at radius 1 is 0.618 bits per heavy atom. The molecule has 2 saturated carbocycles. The number of hydrogen-bond donors (Lipinski definition) is 0. The summed E-state index contributed by atoms with van der Waals surface area (Å²) < 4.78 is 5.74. The van der Waals surface area contributed by atoms with Crippen molar-refractivity contribution in [2.24, 2.45) is 23.7 Å². The predicted octanol–water partition coefficient (Wildman–Crippen LogP) is 15.5. The second-order valence-corrected chi connectivity index (χ2v) is 17.1. The molecule has 2 aliphatic carbocycles. The maximum Gasteiger partial charge on any atom is 0.338 e. The van der Waals surface area contributed by atoms with Crippen LogP contribution in [0.2, 0.25) is 0 Å². The molecule has 296 valence electrons. The third-order valence-electron chi connectivity index (χ3n) is 13.0. The highest BCUT2D eigenvalue weighted by Gasteiger charge is 2.31. The minimum Gasteiger partial charge on any atom is -0.454 e. The zero-order valence-electron chi connectivity index (χ0n) is 35.1. The molecule has 0 bridgehead atoms. The molecule has 0 aliphatic heterocycles. The van der Waals surface area contributed by atoms with Gasteiger partial charge in [-0.05, 0) is 139 Å². The Labute approximate surface area is 335 Å². The molecule has 2 atom stereocenters. The maximum absolute atomic E-state index is 12.6. The van der Waals surface area contributed by atoms with Gasteiger partial charge in [-0.3, -0.25) is 0 Å². The Balaban J connectivity index is 0.000000212. The summed E-state index contributed by atoms with van der Waals surface area (Å²) >= 11 is 0. The normalized spacial score (nSPS) is 20.8. The molecule has 0 aromatic heterocycles. The van der Waals surface area contributed by atoms with Crippen molar-refractivity contribution in [2.75, 3.05) is 0 Å². The van der Waals surface area contributed by atoms with Crippen molar-refractivity contribution >= 4 is 5.97 Å². The highest BCUT2D eigenvalue weighted by molar-refractivity contribution is 5.90. The topological polar surface area (TPSA) is 26.3 Å². The van der Waals surface area contributed by atoms with Crippen LogP contribution in [0, 0.1) is 23.7 Å². The molecule has 2 aliphatic rings. The summed E-state index contributed by atoms with van der Waals surface area (Å²) in [5.74, 6) is 4.52. The quantitative estimate of drug-likeness (QED) is 0.0844. The first kappa shape index (κ1) is 42.5. The molecular weight excluding hydrogens is 669 g/mol. The number of aryl methyl sites for hydroxylation is 1. The lowest BCUT2D eigenvalue weighted by Gasteiger charge is -2.38. The Kier molecular flexibility index (Phi) is 17.6. The number of hydrogen-bond acceptors (Lipinski definition) is 2. The van der Waals surface area contributed by atoms with Crippen LogP contribution in [0.5, 0.6) is 0 Å². The minimum absolute atomic E-state index is 0.219. The van der Waals surface area contributed by atoms with Crippen LogP contribution < -0.4 is 0 Å². The van der Waals surface area contributed by atoms with Gasteiger partial charge in [0.1, 0.15) is 6.10 Å². The summed E-state index contributed by atoms with van der Waals surface area (Å²) in [5, 5.41) is 0. The third kappa shape index (κ3) is 13.2. The standard InChI is InChI=1S/C27H30O2.C26H42/c1-3-5-7-10-21-13-15-22(16-14-21)23-17-19-25(20-18-23)27(28)29-26(4-2)24-11-8-6-9-12-24;1-4-6-21-7-11-23(12-8-21)25-15-17-26(18-16-25)24-13-9-22(10-14-24)19-20(3)5-2/h6,8-9,11-20,26H,3-5,7,10H2,1-2H3;9-10,13-14,20-21,23,25-26H,4-8,11-12,15-19H2,1-3H3. The van der Waals surface area contributed by atoms with Gasteiger partial charge >= 0.3 is 5.97 Å². The lowest BCUT2D eigenvalue weighted by Crippen LogP contribution is -2.25. The first-order valence-electron chi connectivity index (χ1n) is 22.4. The predicted molar refractivity (Wildman–Crippen MR) is 235 cm³/mol. The van der Waals surface area contributed by atoms with Crippen LogP contribution in [-0.4, -0.2) is 5.97 Å². The number of carbonyl (C=O) groups is 1. The van der Waals surface area contributed by atoms with E-state index in [0.717, 1.165) is 53.6 Å². The average Bonchev–Trinajstić information content (AvgIpc) is 3.24. The van der Waals surface area contributed by atoms with Crippen LogP contribution in [0.3, 0.4) is 0 Å². The maximum atomic E-state index is 12.6. The molecule has 4 aromatic rings. The monoisotopic (exact) mass is 741 g/mol. The molecule has 0 spiro atoms. The summed E-state index contributed by atoms with van der Waals surface area (Å²) in [6, 6.07) is 36.0. The molecule has 2 heteroatoms. The Morgan fingerprint density at radius 3 is 1.76 bits per heavy atom. The Hall–Kier alpha value is -3.65. The van der Waals surface area contributed by atoms with Gasteiger partial charge in [-0.1, -0.05) is 171 Å². The van der Waals surface area contributed by atoms with Crippen LogP contribution >= 0.6 is 0 Å². The molecule has 6 rings (SSSR count). The molecule has 0 heterocycles. The van der Waals surface area contributed by atoms with Crippen molar-refractivity contribution in [3.05, 3.63) is 131 Å². The Morgan fingerprint density at radius 2 is 1.20 bits per heavy atom. The summed E-state index contributed by atoms with van der Waals surface area (Å²) in [7, 11) is 0. The fraction of sp³-hybridized carbons (Fsp3) is 0.528. The number of carbonyl (C=O) groups excluding carboxylic acids is 1.